The van der Waals surface area contributed by atoms with Crippen LogP contribution in [0.5, 0.6) is 0 Å². The summed E-state index contributed by atoms with van der Waals surface area (Å²) in [6.07, 6.45) is 3.84. The number of halogens is 1. The van der Waals surface area contributed by atoms with E-state index in [-0.39, 0.29) is 16.6 Å². The fraction of sp³-hybridized carbons (Fsp3) is 0.222. The summed E-state index contributed by atoms with van der Waals surface area (Å²) in [5.74, 6) is -0.121. The van der Waals surface area contributed by atoms with Crippen molar-refractivity contribution in [3.63, 3.8) is 0 Å². The summed E-state index contributed by atoms with van der Waals surface area (Å²) in [5, 5.41) is 0. The van der Waals surface area contributed by atoms with Crippen LogP contribution < -0.4 is 0 Å². The number of carbonyl (C=O) groups is 1. The summed E-state index contributed by atoms with van der Waals surface area (Å²) in [6, 6.07) is 7.43. The molecule has 1 aromatic rings. The topological polar surface area (TPSA) is 29.4 Å². The number of carbonyl (C=O) groups excluding carboxylic acids is 1. The van der Waals surface area contributed by atoms with Crippen molar-refractivity contribution in [1.82, 2.24) is 0 Å². The van der Waals surface area contributed by atoms with Gasteiger partial charge in [-0.25, -0.2) is 0 Å². The second-order valence-electron chi connectivity index (χ2n) is 2.68. The van der Waals surface area contributed by atoms with Gasteiger partial charge in [0.15, 0.2) is 0 Å². The molecule has 1 amide bonds. The molecule has 1 rings (SSSR count). The van der Waals surface area contributed by atoms with Crippen LogP contribution in [0.25, 0.3) is 0 Å². The maximum absolute atomic E-state index is 11.4. The van der Waals surface area contributed by atoms with E-state index in [1.807, 2.05) is 24.6 Å². The van der Waals surface area contributed by atoms with Crippen LogP contribution in [0, 0.1) is 3.57 Å². The van der Waals surface area contributed by atoms with Crippen LogP contribution in [-0.2, 0) is 10.7 Å². The van der Waals surface area contributed by atoms with Crippen molar-refractivity contribution in [3.05, 3.63) is 33.4 Å². The van der Waals surface area contributed by atoms with Crippen LogP contribution >= 0.6 is 22.6 Å². The van der Waals surface area contributed by atoms with Crippen molar-refractivity contribution in [2.75, 3.05) is 12.5 Å². The Bertz CT molecular complexity index is 341. The Morgan fingerprint density at radius 2 is 1.85 bits per heavy atom. The van der Waals surface area contributed by atoms with E-state index in [2.05, 4.69) is 27.0 Å². The Balaban J connectivity index is 2.90. The van der Waals surface area contributed by atoms with Gasteiger partial charge in [0, 0.05) is 9.13 Å². The zero-order valence-electron chi connectivity index (χ0n) is 7.45. The minimum absolute atomic E-state index is 0.121. The molecule has 0 fully saturated rings. The summed E-state index contributed by atoms with van der Waals surface area (Å²) >= 11 is 2.21. The molecule has 0 aliphatic rings. The standard InChI is InChI=1S/C9H10INOS/c1-13(2)11-9(12)7-3-5-8(10)6-4-7/h3-6H,1-2H3. The van der Waals surface area contributed by atoms with E-state index in [0.29, 0.717) is 5.56 Å². The average molecular weight is 307 g/mol. The molecule has 0 unspecified atom stereocenters. The quantitative estimate of drug-likeness (QED) is 0.733. The molecular formula is C9H10INOS. The first kappa shape index (κ1) is 10.8. The molecule has 13 heavy (non-hydrogen) atoms. The lowest BCUT2D eigenvalue weighted by atomic mass is 10.2. The summed E-state index contributed by atoms with van der Waals surface area (Å²) in [6.45, 7) is 0. The van der Waals surface area contributed by atoms with Crippen molar-refractivity contribution >= 4 is 39.2 Å². The van der Waals surface area contributed by atoms with Gasteiger partial charge in [-0.15, -0.1) is 0 Å². The molecule has 0 aromatic heterocycles. The molecule has 2 nitrogen and oxygen atoms in total. The molecule has 0 saturated carbocycles. The van der Waals surface area contributed by atoms with Gasteiger partial charge in [0.1, 0.15) is 0 Å². The predicted octanol–water partition coefficient (Wildman–Crippen LogP) is 2.49. The number of nitrogens with zero attached hydrogens (tertiary/aromatic N) is 1. The number of hydrogen-bond donors (Lipinski definition) is 0. The number of benzene rings is 1. The highest BCUT2D eigenvalue weighted by molar-refractivity contribution is 14.1. The van der Waals surface area contributed by atoms with Gasteiger partial charge in [-0.3, -0.25) is 4.79 Å². The molecule has 0 radical (unpaired) electrons. The second-order valence-corrected chi connectivity index (χ2v) is 5.65. The SMILES string of the molecule is CS(C)=NC(=O)c1ccc(I)cc1. The summed E-state index contributed by atoms with van der Waals surface area (Å²) in [5.41, 5.74) is 0.668. The van der Waals surface area contributed by atoms with E-state index in [0.717, 1.165) is 3.57 Å². The Hall–Kier alpha value is -0.230. The first-order chi connectivity index (χ1) is 6.09. The Labute approximate surface area is 94.0 Å². The average Bonchev–Trinajstić information content (AvgIpc) is 2.04. The molecule has 0 N–H and O–H groups in total. The van der Waals surface area contributed by atoms with Gasteiger partial charge in [-0.1, -0.05) is 10.7 Å². The van der Waals surface area contributed by atoms with Crippen LogP contribution in [0.15, 0.2) is 28.6 Å². The Morgan fingerprint density at radius 3 is 2.31 bits per heavy atom. The Kier molecular flexibility index (Phi) is 4.05. The highest BCUT2D eigenvalue weighted by Gasteiger charge is 2.02. The highest BCUT2D eigenvalue weighted by Crippen LogP contribution is 2.07. The molecule has 0 aliphatic heterocycles. The van der Waals surface area contributed by atoms with Crippen LogP contribution in [0.1, 0.15) is 10.4 Å². The van der Waals surface area contributed by atoms with E-state index in [1.165, 1.54) is 0 Å². The van der Waals surface area contributed by atoms with Crippen LogP contribution in [-0.4, -0.2) is 18.4 Å². The maximum Gasteiger partial charge on any atom is 0.282 e. The normalized spacial score (nSPS) is 10.2. The van der Waals surface area contributed by atoms with Crippen molar-refractivity contribution < 1.29 is 4.79 Å². The molecule has 0 heterocycles. The molecule has 0 atom stereocenters. The monoisotopic (exact) mass is 307 g/mol. The van der Waals surface area contributed by atoms with Gasteiger partial charge in [-0.2, -0.15) is 4.36 Å². The fourth-order valence-electron chi connectivity index (χ4n) is 0.811. The van der Waals surface area contributed by atoms with Crippen molar-refractivity contribution in [1.29, 1.82) is 0 Å². The molecule has 1 aromatic carbocycles. The minimum Gasteiger partial charge on any atom is -0.266 e. The highest BCUT2D eigenvalue weighted by atomic mass is 127. The molecule has 0 bridgehead atoms. The molecular weight excluding hydrogens is 297 g/mol. The molecule has 0 saturated heterocycles. The summed E-state index contributed by atoms with van der Waals surface area (Å²) in [7, 11) is -0.178. The van der Waals surface area contributed by atoms with E-state index in [4.69, 9.17) is 0 Å². The molecule has 0 spiro atoms. The Morgan fingerprint density at radius 1 is 1.31 bits per heavy atom. The minimum atomic E-state index is -0.178. The zero-order valence-corrected chi connectivity index (χ0v) is 10.4. The lowest BCUT2D eigenvalue weighted by Crippen LogP contribution is -1.96. The van der Waals surface area contributed by atoms with Crippen molar-refractivity contribution in [3.8, 4) is 0 Å². The third kappa shape index (κ3) is 3.56. The lowest BCUT2D eigenvalue weighted by Gasteiger charge is -1.96. The molecule has 4 heteroatoms. The first-order valence-corrected chi connectivity index (χ1v) is 6.76. The van der Waals surface area contributed by atoms with Crippen LogP contribution in [0.3, 0.4) is 0 Å². The zero-order chi connectivity index (χ0) is 9.84. The molecule has 0 aliphatic carbocycles. The maximum atomic E-state index is 11.4. The largest absolute Gasteiger partial charge is 0.282 e. The van der Waals surface area contributed by atoms with E-state index in [1.54, 1.807) is 12.1 Å². The number of hydrogen-bond acceptors (Lipinski definition) is 1. The van der Waals surface area contributed by atoms with Crippen LogP contribution in [0.4, 0.5) is 0 Å². The summed E-state index contributed by atoms with van der Waals surface area (Å²) < 4.78 is 5.09. The third-order valence-electron chi connectivity index (χ3n) is 1.36. The van der Waals surface area contributed by atoms with Gasteiger partial charge in [-0.05, 0) is 59.4 Å². The van der Waals surface area contributed by atoms with Gasteiger partial charge < -0.3 is 0 Å². The van der Waals surface area contributed by atoms with Gasteiger partial charge in [0.2, 0.25) is 0 Å². The number of rotatable bonds is 1. The van der Waals surface area contributed by atoms with Gasteiger partial charge in [0.25, 0.3) is 5.91 Å². The van der Waals surface area contributed by atoms with E-state index >= 15 is 0 Å². The molecule has 70 valence electrons. The van der Waals surface area contributed by atoms with Gasteiger partial charge in [0.05, 0.1) is 0 Å². The second kappa shape index (κ2) is 4.85. The van der Waals surface area contributed by atoms with Crippen molar-refractivity contribution in [2.24, 2.45) is 4.36 Å². The third-order valence-corrected chi connectivity index (χ3v) is 2.61. The lowest BCUT2D eigenvalue weighted by molar-refractivity contribution is 0.101. The van der Waals surface area contributed by atoms with E-state index in [9.17, 15) is 4.79 Å². The van der Waals surface area contributed by atoms with Crippen LogP contribution in [0.2, 0.25) is 0 Å². The smallest absolute Gasteiger partial charge is 0.266 e. The van der Waals surface area contributed by atoms with Crippen molar-refractivity contribution in [2.45, 2.75) is 0 Å². The van der Waals surface area contributed by atoms with Gasteiger partial charge >= 0.3 is 0 Å². The fourth-order valence-corrected chi connectivity index (χ4v) is 1.61. The summed E-state index contributed by atoms with van der Waals surface area (Å²) in [4.78, 5) is 11.4. The predicted molar refractivity (Wildman–Crippen MR) is 65.1 cm³/mol. The number of amides is 1. The van der Waals surface area contributed by atoms with E-state index < -0.39 is 0 Å². The first-order valence-electron chi connectivity index (χ1n) is 3.69.